The van der Waals surface area contributed by atoms with Gasteiger partial charge in [-0.3, -0.25) is 0 Å². The Kier molecular flexibility index (Phi) is 5.50. The van der Waals surface area contributed by atoms with Gasteiger partial charge in [0.2, 0.25) is 0 Å². The van der Waals surface area contributed by atoms with E-state index >= 15 is 0 Å². The number of benzene rings is 1. The zero-order valence-electron chi connectivity index (χ0n) is 17.5. The summed E-state index contributed by atoms with van der Waals surface area (Å²) in [7, 11) is 2.15. The minimum Gasteiger partial charge on any atom is -0.478 e. The van der Waals surface area contributed by atoms with E-state index in [-0.39, 0.29) is 5.41 Å². The average molecular weight is 379 g/mol. The second-order valence-corrected chi connectivity index (χ2v) is 8.16. The second-order valence-electron chi connectivity index (χ2n) is 8.16. The van der Waals surface area contributed by atoms with Crippen LogP contribution in [-0.4, -0.2) is 31.2 Å². The number of hydrogen-bond acceptors (Lipinski definition) is 3. The van der Waals surface area contributed by atoms with Crippen molar-refractivity contribution in [1.82, 2.24) is 0 Å². The SMILES string of the molecule is CCN1C=CC(C)(C)c2cc3c(cc21)C(=C/C=C/C(C)=C/C(=O)O)CCN3C. The Hall–Kier alpha value is -2.75. The molecule has 0 bridgehead atoms. The number of rotatable bonds is 4. The molecule has 148 valence electrons. The lowest BCUT2D eigenvalue weighted by Crippen LogP contribution is -2.30. The molecule has 0 spiro atoms. The summed E-state index contributed by atoms with van der Waals surface area (Å²) >= 11 is 0. The van der Waals surface area contributed by atoms with Crippen molar-refractivity contribution in [3.8, 4) is 0 Å². The summed E-state index contributed by atoms with van der Waals surface area (Å²) in [6.45, 7) is 10.4. The molecule has 1 aromatic rings. The van der Waals surface area contributed by atoms with E-state index in [0.717, 1.165) is 25.1 Å². The van der Waals surface area contributed by atoms with Gasteiger partial charge >= 0.3 is 5.97 Å². The number of allylic oxidation sites excluding steroid dienone is 5. The zero-order chi connectivity index (χ0) is 20.5. The van der Waals surface area contributed by atoms with E-state index in [2.05, 4.69) is 68.1 Å². The molecule has 4 nitrogen and oxygen atoms in total. The Morgan fingerprint density at radius 3 is 2.71 bits per heavy atom. The molecule has 0 aromatic heterocycles. The molecule has 1 aromatic carbocycles. The highest BCUT2D eigenvalue weighted by Gasteiger charge is 2.30. The van der Waals surface area contributed by atoms with Crippen molar-refractivity contribution in [1.29, 1.82) is 0 Å². The first kappa shape index (κ1) is 20.0. The van der Waals surface area contributed by atoms with Gasteiger partial charge in [0, 0.05) is 54.8 Å². The topological polar surface area (TPSA) is 43.8 Å². The molecule has 0 atom stereocenters. The number of fused-ring (bicyclic) bond motifs is 2. The normalized spacial score (nSPS) is 19.9. The minimum atomic E-state index is -0.915. The molecule has 0 radical (unpaired) electrons. The maximum Gasteiger partial charge on any atom is 0.328 e. The summed E-state index contributed by atoms with van der Waals surface area (Å²) < 4.78 is 0. The smallest absolute Gasteiger partial charge is 0.328 e. The lowest BCUT2D eigenvalue weighted by molar-refractivity contribution is -0.131. The highest BCUT2D eigenvalue weighted by molar-refractivity contribution is 5.85. The second kappa shape index (κ2) is 7.70. The van der Waals surface area contributed by atoms with Crippen molar-refractivity contribution in [2.24, 2.45) is 0 Å². The van der Waals surface area contributed by atoms with Gasteiger partial charge < -0.3 is 14.9 Å². The summed E-state index contributed by atoms with van der Waals surface area (Å²) in [5.41, 5.74) is 7.20. The van der Waals surface area contributed by atoms with Crippen LogP contribution >= 0.6 is 0 Å². The van der Waals surface area contributed by atoms with Crippen LogP contribution < -0.4 is 9.80 Å². The van der Waals surface area contributed by atoms with E-state index in [1.807, 2.05) is 12.2 Å². The van der Waals surface area contributed by atoms with Gasteiger partial charge in [-0.05, 0) is 49.1 Å². The molecule has 28 heavy (non-hydrogen) atoms. The molecule has 0 amide bonds. The fourth-order valence-electron chi connectivity index (χ4n) is 3.90. The van der Waals surface area contributed by atoms with Crippen LogP contribution in [0.3, 0.4) is 0 Å². The van der Waals surface area contributed by atoms with Crippen LogP contribution in [0.5, 0.6) is 0 Å². The third-order valence-electron chi connectivity index (χ3n) is 5.61. The monoisotopic (exact) mass is 378 g/mol. The summed E-state index contributed by atoms with van der Waals surface area (Å²) in [6.07, 6.45) is 12.6. The standard InChI is InChI=1S/C24H30N2O2/c1-6-26-13-11-24(3,4)20-16-21-19(15-22(20)26)18(10-12-25(21)5)9-7-8-17(2)14-23(27)28/h7-9,11,13-16H,6,10,12H2,1-5H3,(H,27,28)/b8-7+,17-14+,18-9?. The molecular weight excluding hydrogens is 348 g/mol. The van der Waals surface area contributed by atoms with Crippen molar-refractivity contribution in [2.45, 2.75) is 39.5 Å². The first-order valence-corrected chi connectivity index (χ1v) is 9.87. The minimum absolute atomic E-state index is 0.0108. The predicted molar refractivity (Wildman–Crippen MR) is 118 cm³/mol. The molecule has 3 rings (SSSR count). The van der Waals surface area contributed by atoms with E-state index in [4.69, 9.17) is 5.11 Å². The highest BCUT2D eigenvalue weighted by atomic mass is 16.4. The fourth-order valence-corrected chi connectivity index (χ4v) is 3.90. The number of carbonyl (C=O) groups is 1. The molecule has 0 aliphatic carbocycles. The highest BCUT2D eigenvalue weighted by Crippen LogP contribution is 2.45. The van der Waals surface area contributed by atoms with E-state index in [1.54, 1.807) is 6.92 Å². The first-order valence-electron chi connectivity index (χ1n) is 9.87. The van der Waals surface area contributed by atoms with Crippen molar-refractivity contribution in [2.75, 3.05) is 29.9 Å². The molecular formula is C24H30N2O2. The number of carboxylic acids is 1. The Bertz CT molecular complexity index is 903. The molecule has 1 N–H and O–H groups in total. The average Bonchev–Trinajstić information content (AvgIpc) is 2.62. The van der Waals surface area contributed by atoms with Gasteiger partial charge in [-0.2, -0.15) is 0 Å². The van der Waals surface area contributed by atoms with E-state index in [1.165, 1.54) is 34.2 Å². The van der Waals surface area contributed by atoms with Crippen LogP contribution in [0.25, 0.3) is 5.57 Å². The first-order chi connectivity index (χ1) is 13.2. The molecule has 2 aliphatic rings. The lowest BCUT2D eigenvalue weighted by atomic mass is 9.79. The predicted octanol–water partition coefficient (Wildman–Crippen LogP) is 5.13. The van der Waals surface area contributed by atoms with Crippen LogP contribution in [0.15, 0.2) is 54.3 Å². The van der Waals surface area contributed by atoms with Crippen molar-refractivity contribution in [3.63, 3.8) is 0 Å². The van der Waals surface area contributed by atoms with Gasteiger partial charge in [0.25, 0.3) is 0 Å². The van der Waals surface area contributed by atoms with E-state index < -0.39 is 5.97 Å². The number of aliphatic carboxylic acids is 1. The molecule has 0 unspecified atom stereocenters. The summed E-state index contributed by atoms with van der Waals surface area (Å²) in [6, 6.07) is 4.68. The van der Waals surface area contributed by atoms with E-state index in [9.17, 15) is 4.79 Å². The number of carboxylic acid groups (broad SMARTS) is 1. The van der Waals surface area contributed by atoms with Gasteiger partial charge in [0.15, 0.2) is 0 Å². The van der Waals surface area contributed by atoms with Crippen LogP contribution in [0.4, 0.5) is 11.4 Å². The van der Waals surface area contributed by atoms with Gasteiger partial charge in [0.05, 0.1) is 0 Å². The molecule has 0 saturated heterocycles. The Balaban J connectivity index is 2.05. The Morgan fingerprint density at radius 2 is 2.04 bits per heavy atom. The molecule has 0 fully saturated rings. The summed E-state index contributed by atoms with van der Waals surface area (Å²) in [5.74, 6) is -0.915. The third kappa shape index (κ3) is 3.91. The van der Waals surface area contributed by atoms with Crippen molar-refractivity contribution >= 4 is 22.9 Å². The molecule has 2 heterocycles. The van der Waals surface area contributed by atoms with Crippen molar-refractivity contribution in [3.05, 3.63) is 65.4 Å². The van der Waals surface area contributed by atoms with Crippen LogP contribution in [0.1, 0.15) is 45.2 Å². The van der Waals surface area contributed by atoms with Gasteiger partial charge in [-0.15, -0.1) is 0 Å². The van der Waals surface area contributed by atoms with Crippen LogP contribution in [-0.2, 0) is 10.2 Å². The molecule has 4 heteroatoms. The maximum atomic E-state index is 10.8. The number of hydrogen-bond donors (Lipinski definition) is 1. The van der Waals surface area contributed by atoms with E-state index in [0.29, 0.717) is 0 Å². The van der Waals surface area contributed by atoms with Crippen LogP contribution in [0.2, 0.25) is 0 Å². The van der Waals surface area contributed by atoms with Crippen molar-refractivity contribution < 1.29 is 9.90 Å². The number of nitrogens with zero attached hydrogens (tertiary/aromatic N) is 2. The Labute approximate surface area is 168 Å². The largest absolute Gasteiger partial charge is 0.478 e. The Morgan fingerprint density at radius 1 is 1.29 bits per heavy atom. The number of anilines is 2. The quantitative estimate of drug-likeness (QED) is 0.583. The summed E-state index contributed by atoms with van der Waals surface area (Å²) in [5, 5.41) is 8.85. The molecule has 2 aliphatic heterocycles. The van der Waals surface area contributed by atoms with Gasteiger partial charge in [-0.25, -0.2) is 4.79 Å². The van der Waals surface area contributed by atoms with Gasteiger partial charge in [0.1, 0.15) is 0 Å². The maximum absolute atomic E-state index is 10.8. The lowest BCUT2D eigenvalue weighted by Gasteiger charge is -2.38. The third-order valence-corrected chi connectivity index (χ3v) is 5.61. The van der Waals surface area contributed by atoms with Gasteiger partial charge in [-0.1, -0.05) is 38.2 Å². The zero-order valence-corrected chi connectivity index (χ0v) is 17.5. The van der Waals surface area contributed by atoms with Crippen LogP contribution in [0, 0.1) is 0 Å². The fraction of sp³-hybridized carbons (Fsp3) is 0.375. The summed E-state index contributed by atoms with van der Waals surface area (Å²) in [4.78, 5) is 15.4. The molecule has 0 saturated carbocycles.